The first-order valence-corrected chi connectivity index (χ1v) is 8.20. The van der Waals surface area contributed by atoms with E-state index in [9.17, 15) is 4.39 Å². The third-order valence-corrected chi connectivity index (χ3v) is 4.98. The summed E-state index contributed by atoms with van der Waals surface area (Å²) in [6.07, 6.45) is 5.58. The molecule has 2 fully saturated rings. The fourth-order valence-corrected chi connectivity index (χ4v) is 3.70. The van der Waals surface area contributed by atoms with Crippen LogP contribution in [0.25, 0.3) is 0 Å². The van der Waals surface area contributed by atoms with Crippen LogP contribution in [0.2, 0.25) is 0 Å². The smallest absolute Gasteiger partial charge is 0.127 e. The molecule has 3 nitrogen and oxygen atoms in total. The third-order valence-electron chi connectivity index (χ3n) is 4.98. The molecular formula is C17H26FN3. The van der Waals surface area contributed by atoms with E-state index >= 15 is 0 Å². The molecule has 116 valence electrons. The van der Waals surface area contributed by atoms with Crippen molar-refractivity contribution in [1.29, 1.82) is 0 Å². The second-order valence-electron chi connectivity index (χ2n) is 6.38. The number of benzene rings is 1. The highest BCUT2D eigenvalue weighted by Crippen LogP contribution is 2.24. The molecule has 1 aliphatic heterocycles. The zero-order valence-electron chi connectivity index (χ0n) is 12.7. The maximum atomic E-state index is 13.5. The molecule has 0 radical (unpaired) electrons. The van der Waals surface area contributed by atoms with Gasteiger partial charge in [-0.25, -0.2) is 4.39 Å². The van der Waals surface area contributed by atoms with Crippen LogP contribution in [0.1, 0.15) is 36.8 Å². The Labute approximate surface area is 126 Å². The van der Waals surface area contributed by atoms with Gasteiger partial charge in [-0.2, -0.15) is 0 Å². The Morgan fingerprint density at radius 2 is 1.81 bits per heavy atom. The van der Waals surface area contributed by atoms with Crippen molar-refractivity contribution in [2.75, 3.05) is 26.2 Å². The minimum atomic E-state index is -0.188. The van der Waals surface area contributed by atoms with Crippen LogP contribution in [0.5, 0.6) is 0 Å². The standard InChI is InChI=1S/C17H26FN3/c18-17-6-5-14(11-15(17)12-19)13-20-7-9-21(10-8-20)16-3-1-2-4-16/h5-6,11,16H,1-4,7-10,12-13,19H2. The van der Waals surface area contributed by atoms with E-state index < -0.39 is 0 Å². The molecule has 0 unspecified atom stereocenters. The summed E-state index contributed by atoms with van der Waals surface area (Å²) in [6.45, 7) is 5.77. The van der Waals surface area contributed by atoms with Gasteiger partial charge in [-0.1, -0.05) is 25.0 Å². The van der Waals surface area contributed by atoms with Crippen LogP contribution in [-0.2, 0) is 13.1 Å². The third kappa shape index (κ3) is 3.62. The molecule has 2 N–H and O–H groups in total. The summed E-state index contributed by atoms with van der Waals surface area (Å²) in [5.74, 6) is -0.188. The Morgan fingerprint density at radius 3 is 2.48 bits per heavy atom. The number of hydrogen-bond acceptors (Lipinski definition) is 3. The van der Waals surface area contributed by atoms with Crippen molar-refractivity contribution in [3.63, 3.8) is 0 Å². The molecule has 3 rings (SSSR count). The monoisotopic (exact) mass is 291 g/mol. The molecule has 0 spiro atoms. The van der Waals surface area contributed by atoms with Crippen molar-refractivity contribution in [2.45, 2.75) is 44.8 Å². The van der Waals surface area contributed by atoms with Gasteiger partial charge >= 0.3 is 0 Å². The molecule has 1 heterocycles. The van der Waals surface area contributed by atoms with Crippen molar-refractivity contribution >= 4 is 0 Å². The van der Waals surface area contributed by atoms with Gasteiger partial charge in [-0.3, -0.25) is 9.80 Å². The van der Waals surface area contributed by atoms with Crippen LogP contribution in [0.4, 0.5) is 4.39 Å². The van der Waals surface area contributed by atoms with Crippen LogP contribution in [0, 0.1) is 5.82 Å². The normalized spacial score (nSPS) is 22.0. The Hall–Kier alpha value is -0.970. The zero-order chi connectivity index (χ0) is 14.7. The average Bonchev–Trinajstić information content (AvgIpc) is 3.04. The van der Waals surface area contributed by atoms with E-state index in [4.69, 9.17) is 5.73 Å². The van der Waals surface area contributed by atoms with Gasteiger partial charge in [0, 0.05) is 50.9 Å². The molecule has 21 heavy (non-hydrogen) atoms. The number of rotatable bonds is 4. The summed E-state index contributed by atoms with van der Waals surface area (Å²) in [6, 6.07) is 6.19. The van der Waals surface area contributed by atoms with Gasteiger partial charge in [0.05, 0.1) is 0 Å². The van der Waals surface area contributed by atoms with E-state index in [-0.39, 0.29) is 12.4 Å². The molecule has 1 saturated carbocycles. The van der Waals surface area contributed by atoms with Crippen LogP contribution >= 0.6 is 0 Å². The highest BCUT2D eigenvalue weighted by molar-refractivity contribution is 5.25. The van der Waals surface area contributed by atoms with Crippen molar-refractivity contribution in [3.8, 4) is 0 Å². The number of halogens is 1. The number of nitrogens with zero attached hydrogens (tertiary/aromatic N) is 2. The summed E-state index contributed by atoms with van der Waals surface area (Å²) >= 11 is 0. The van der Waals surface area contributed by atoms with Gasteiger partial charge in [0.25, 0.3) is 0 Å². The van der Waals surface area contributed by atoms with E-state index in [0.717, 1.165) is 25.7 Å². The molecule has 1 aliphatic carbocycles. The van der Waals surface area contributed by atoms with Gasteiger partial charge in [-0.15, -0.1) is 0 Å². The second-order valence-corrected chi connectivity index (χ2v) is 6.38. The summed E-state index contributed by atoms with van der Waals surface area (Å²) in [5.41, 5.74) is 7.38. The largest absolute Gasteiger partial charge is 0.326 e. The van der Waals surface area contributed by atoms with E-state index in [1.165, 1.54) is 44.3 Å². The molecule has 4 heteroatoms. The minimum absolute atomic E-state index is 0.188. The summed E-state index contributed by atoms with van der Waals surface area (Å²) in [4.78, 5) is 5.14. The lowest BCUT2D eigenvalue weighted by molar-refractivity contribution is 0.0937. The van der Waals surface area contributed by atoms with Crippen molar-refractivity contribution < 1.29 is 4.39 Å². The number of hydrogen-bond donors (Lipinski definition) is 1. The van der Waals surface area contributed by atoms with Crippen molar-refractivity contribution in [1.82, 2.24) is 9.80 Å². The average molecular weight is 291 g/mol. The molecule has 0 bridgehead atoms. The lowest BCUT2D eigenvalue weighted by Gasteiger charge is -2.38. The predicted molar refractivity (Wildman–Crippen MR) is 83.4 cm³/mol. The predicted octanol–water partition coefficient (Wildman–Crippen LogP) is 2.34. The lowest BCUT2D eigenvalue weighted by atomic mass is 10.1. The van der Waals surface area contributed by atoms with E-state index in [1.807, 2.05) is 12.1 Å². The number of piperazine rings is 1. The van der Waals surface area contributed by atoms with Gasteiger partial charge in [0.2, 0.25) is 0 Å². The molecule has 1 aromatic carbocycles. The summed E-state index contributed by atoms with van der Waals surface area (Å²) < 4.78 is 13.5. The fraction of sp³-hybridized carbons (Fsp3) is 0.647. The Kier molecular flexibility index (Phi) is 4.88. The Bertz CT molecular complexity index is 463. The van der Waals surface area contributed by atoms with Crippen molar-refractivity contribution in [2.24, 2.45) is 5.73 Å². The first-order chi connectivity index (χ1) is 10.3. The first-order valence-electron chi connectivity index (χ1n) is 8.20. The molecular weight excluding hydrogens is 265 g/mol. The van der Waals surface area contributed by atoms with Crippen LogP contribution < -0.4 is 5.73 Å². The van der Waals surface area contributed by atoms with E-state index in [0.29, 0.717) is 5.56 Å². The highest BCUT2D eigenvalue weighted by atomic mass is 19.1. The fourth-order valence-electron chi connectivity index (χ4n) is 3.70. The van der Waals surface area contributed by atoms with Gasteiger partial charge in [0.15, 0.2) is 0 Å². The SMILES string of the molecule is NCc1cc(CN2CCN(C3CCCC3)CC2)ccc1F. The quantitative estimate of drug-likeness (QED) is 0.924. The van der Waals surface area contributed by atoms with E-state index in [2.05, 4.69) is 9.80 Å². The molecule has 2 aliphatic rings. The summed E-state index contributed by atoms with van der Waals surface area (Å²) in [5, 5.41) is 0. The minimum Gasteiger partial charge on any atom is -0.326 e. The lowest BCUT2D eigenvalue weighted by Crippen LogP contribution is -2.49. The van der Waals surface area contributed by atoms with E-state index in [1.54, 1.807) is 6.07 Å². The summed E-state index contributed by atoms with van der Waals surface area (Å²) in [7, 11) is 0. The Balaban J connectivity index is 1.53. The van der Waals surface area contributed by atoms with Gasteiger partial charge < -0.3 is 5.73 Å². The van der Waals surface area contributed by atoms with Gasteiger partial charge in [0.1, 0.15) is 5.82 Å². The molecule has 1 saturated heterocycles. The van der Waals surface area contributed by atoms with Crippen LogP contribution in [0.3, 0.4) is 0 Å². The van der Waals surface area contributed by atoms with Gasteiger partial charge in [-0.05, 0) is 24.5 Å². The molecule has 0 aromatic heterocycles. The van der Waals surface area contributed by atoms with Crippen LogP contribution in [0.15, 0.2) is 18.2 Å². The second kappa shape index (κ2) is 6.86. The Morgan fingerprint density at radius 1 is 1.10 bits per heavy atom. The maximum Gasteiger partial charge on any atom is 0.127 e. The zero-order valence-corrected chi connectivity index (χ0v) is 12.7. The highest BCUT2D eigenvalue weighted by Gasteiger charge is 2.25. The van der Waals surface area contributed by atoms with Crippen molar-refractivity contribution in [3.05, 3.63) is 35.1 Å². The maximum absolute atomic E-state index is 13.5. The topological polar surface area (TPSA) is 32.5 Å². The molecule has 0 amide bonds. The van der Waals surface area contributed by atoms with Crippen LogP contribution in [-0.4, -0.2) is 42.0 Å². The first kappa shape index (κ1) is 14.9. The number of nitrogens with two attached hydrogens (primary N) is 1. The molecule has 1 aromatic rings. The molecule has 0 atom stereocenters.